The SMILES string of the molecule is CCc1ccc(NC(=O)C(=O)NC[C@H](C)O)cc1. The zero-order valence-corrected chi connectivity index (χ0v) is 10.6. The summed E-state index contributed by atoms with van der Waals surface area (Å²) < 4.78 is 0. The second kappa shape index (κ2) is 6.76. The maximum Gasteiger partial charge on any atom is 0.313 e. The van der Waals surface area contributed by atoms with Crippen LogP contribution >= 0.6 is 0 Å². The van der Waals surface area contributed by atoms with Gasteiger partial charge in [-0.3, -0.25) is 9.59 Å². The Morgan fingerprint density at radius 2 is 1.83 bits per heavy atom. The number of anilines is 1. The number of nitrogens with one attached hydrogen (secondary N) is 2. The van der Waals surface area contributed by atoms with Crippen molar-refractivity contribution in [3.05, 3.63) is 29.8 Å². The van der Waals surface area contributed by atoms with E-state index in [1.807, 2.05) is 19.1 Å². The van der Waals surface area contributed by atoms with Gasteiger partial charge in [0.05, 0.1) is 6.10 Å². The maximum atomic E-state index is 11.5. The highest BCUT2D eigenvalue weighted by Gasteiger charge is 2.13. The summed E-state index contributed by atoms with van der Waals surface area (Å²) in [7, 11) is 0. The summed E-state index contributed by atoms with van der Waals surface area (Å²) in [4.78, 5) is 22.8. The van der Waals surface area contributed by atoms with E-state index in [-0.39, 0.29) is 6.54 Å². The maximum absolute atomic E-state index is 11.5. The third-order valence-corrected chi connectivity index (χ3v) is 2.38. The molecule has 0 radical (unpaired) electrons. The van der Waals surface area contributed by atoms with Gasteiger partial charge in [-0.2, -0.15) is 0 Å². The zero-order valence-electron chi connectivity index (χ0n) is 10.6. The number of carbonyl (C=O) groups excluding carboxylic acids is 2. The van der Waals surface area contributed by atoms with E-state index in [1.54, 1.807) is 12.1 Å². The lowest BCUT2D eigenvalue weighted by atomic mass is 10.1. The number of benzene rings is 1. The molecule has 18 heavy (non-hydrogen) atoms. The summed E-state index contributed by atoms with van der Waals surface area (Å²) in [6.07, 6.45) is 0.244. The molecule has 0 saturated carbocycles. The summed E-state index contributed by atoms with van der Waals surface area (Å²) in [5.74, 6) is -1.49. The third kappa shape index (κ3) is 4.55. The molecule has 0 unspecified atom stereocenters. The van der Waals surface area contributed by atoms with Gasteiger partial charge in [0.15, 0.2) is 0 Å². The molecule has 0 heterocycles. The first-order chi connectivity index (χ1) is 8.52. The van der Waals surface area contributed by atoms with Crippen molar-refractivity contribution in [3.8, 4) is 0 Å². The van der Waals surface area contributed by atoms with Crippen LogP contribution in [0.5, 0.6) is 0 Å². The Morgan fingerprint density at radius 3 is 2.33 bits per heavy atom. The molecule has 0 fully saturated rings. The standard InChI is InChI=1S/C13H18N2O3/c1-3-10-4-6-11(7-5-10)15-13(18)12(17)14-8-9(2)16/h4-7,9,16H,3,8H2,1-2H3,(H,14,17)(H,15,18)/t9-/m0/s1. The fourth-order valence-corrected chi connectivity index (χ4v) is 1.33. The van der Waals surface area contributed by atoms with E-state index in [1.165, 1.54) is 6.92 Å². The van der Waals surface area contributed by atoms with Gasteiger partial charge in [-0.1, -0.05) is 19.1 Å². The van der Waals surface area contributed by atoms with Crippen LogP contribution in [-0.4, -0.2) is 29.6 Å². The van der Waals surface area contributed by atoms with Crippen LogP contribution in [0.2, 0.25) is 0 Å². The first-order valence-corrected chi connectivity index (χ1v) is 5.89. The third-order valence-electron chi connectivity index (χ3n) is 2.38. The lowest BCUT2D eigenvalue weighted by Crippen LogP contribution is -2.38. The molecular formula is C13H18N2O3. The number of hydrogen-bond acceptors (Lipinski definition) is 3. The number of aliphatic hydroxyl groups excluding tert-OH is 1. The fraction of sp³-hybridized carbons (Fsp3) is 0.385. The van der Waals surface area contributed by atoms with Gasteiger partial charge in [-0.15, -0.1) is 0 Å². The smallest absolute Gasteiger partial charge is 0.313 e. The van der Waals surface area contributed by atoms with E-state index in [9.17, 15) is 9.59 Å². The highest BCUT2D eigenvalue weighted by Crippen LogP contribution is 2.09. The summed E-state index contributed by atoms with van der Waals surface area (Å²) in [5, 5.41) is 13.8. The highest BCUT2D eigenvalue weighted by atomic mass is 16.3. The van der Waals surface area contributed by atoms with Crippen LogP contribution in [0.25, 0.3) is 0 Å². The Bertz CT molecular complexity index is 413. The van der Waals surface area contributed by atoms with Crippen molar-refractivity contribution in [1.29, 1.82) is 0 Å². The molecule has 5 heteroatoms. The van der Waals surface area contributed by atoms with Gasteiger partial charge in [0.25, 0.3) is 0 Å². The van der Waals surface area contributed by atoms with Crippen LogP contribution in [0.3, 0.4) is 0 Å². The molecule has 1 atom stereocenters. The molecule has 1 aromatic rings. The first-order valence-electron chi connectivity index (χ1n) is 5.89. The van der Waals surface area contributed by atoms with Crippen LogP contribution < -0.4 is 10.6 Å². The largest absolute Gasteiger partial charge is 0.392 e. The molecule has 0 spiro atoms. The fourth-order valence-electron chi connectivity index (χ4n) is 1.33. The normalized spacial score (nSPS) is 11.7. The molecule has 98 valence electrons. The number of hydrogen-bond donors (Lipinski definition) is 3. The average Bonchev–Trinajstić information content (AvgIpc) is 2.36. The monoisotopic (exact) mass is 250 g/mol. The van der Waals surface area contributed by atoms with Crippen LogP contribution in [0, 0.1) is 0 Å². The van der Waals surface area contributed by atoms with Gasteiger partial charge in [-0.05, 0) is 31.0 Å². The molecule has 2 amide bonds. The molecule has 1 rings (SSSR count). The van der Waals surface area contributed by atoms with Crippen molar-refractivity contribution < 1.29 is 14.7 Å². The van der Waals surface area contributed by atoms with Crippen molar-refractivity contribution in [2.75, 3.05) is 11.9 Å². The number of aryl methyl sites for hydroxylation is 1. The summed E-state index contributed by atoms with van der Waals surface area (Å²) in [6.45, 7) is 3.62. The Kier molecular flexibility index (Phi) is 5.32. The van der Waals surface area contributed by atoms with Gasteiger partial charge in [0, 0.05) is 12.2 Å². The molecule has 0 aromatic heterocycles. The van der Waals surface area contributed by atoms with E-state index in [0.29, 0.717) is 5.69 Å². The van der Waals surface area contributed by atoms with E-state index >= 15 is 0 Å². The van der Waals surface area contributed by atoms with E-state index in [2.05, 4.69) is 10.6 Å². The van der Waals surface area contributed by atoms with Crippen LogP contribution in [0.15, 0.2) is 24.3 Å². The Hall–Kier alpha value is -1.88. The lowest BCUT2D eigenvalue weighted by Gasteiger charge is -2.08. The van der Waals surface area contributed by atoms with Crippen LogP contribution in [-0.2, 0) is 16.0 Å². The topological polar surface area (TPSA) is 78.4 Å². The molecule has 0 bridgehead atoms. The minimum absolute atomic E-state index is 0.0566. The predicted molar refractivity (Wildman–Crippen MR) is 69.1 cm³/mol. The van der Waals surface area contributed by atoms with Crippen molar-refractivity contribution >= 4 is 17.5 Å². The molecule has 0 aliphatic rings. The molecule has 0 aliphatic heterocycles. The average molecular weight is 250 g/mol. The highest BCUT2D eigenvalue weighted by molar-refractivity contribution is 6.39. The number of rotatable bonds is 4. The predicted octanol–water partition coefficient (Wildman–Crippen LogP) is 0.684. The lowest BCUT2D eigenvalue weighted by molar-refractivity contribution is -0.136. The molecule has 0 aliphatic carbocycles. The number of aliphatic hydroxyl groups is 1. The number of carbonyl (C=O) groups is 2. The summed E-state index contributed by atoms with van der Waals surface area (Å²) in [6, 6.07) is 7.28. The second-order valence-electron chi connectivity index (χ2n) is 4.06. The van der Waals surface area contributed by atoms with Gasteiger partial charge in [0.2, 0.25) is 0 Å². The quantitative estimate of drug-likeness (QED) is 0.688. The Balaban J connectivity index is 2.50. The molecule has 1 aromatic carbocycles. The van der Waals surface area contributed by atoms with Crippen molar-refractivity contribution in [3.63, 3.8) is 0 Å². The Morgan fingerprint density at radius 1 is 1.22 bits per heavy atom. The summed E-state index contributed by atoms with van der Waals surface area (Å²) >= 11 is 0. The van der Waals surface area contributed by atoms with Gasteiger partial charge >= 0.3 is 11.8 Å². The zero-order chi connectivity index (χ0) is 13.5. The molecule has 3 N–H and O–H groups in total. The minimum atomic E-state index is -0.754. The van der Waals surface area contributed by atoms with Crippen molar-refractivity contribution in [2.45, 2.75) is 26.4 Å². The second-order valence-corrected chi connectivity index (χ2v) is 4.06. The van der Waals surface area contributed by atoms with Gasteiger partial charge in [0.1, 0.15) is 0 Å². The summed E-state index contributed by atoms with van der Waals surface area (Å²) in [5.41, 5.74) is 1.73. The molecule has 0 saturated heterocycles. The molecular weight excluding hydrogens is 232 g/mol. The van der Waals surface area contributed by atoms with Crippen molar-refractivity contribution in [1.82, 2.24) is 5.32 Å². The van der Waals surface area contributed by atoms with E-state index < -0.39 is 17.9 Å². The molecule has 5 nitrogen and oxygen atoms in total. The van der Waals surface area contributed by atoms with Crippen LogP contribution in [0.1, 0.15) is 19.4 Å². The van der Waals surface area contributed by atoms with E-state index in [0.717, 1.165) is 12.0 Å². The van der Waals surface area contributed by atoms with Gasteiger partial charge < -0.3 is 15.7 Å². The minimum Gasteiger partial charge on any atom is -0.392 e. The first kappa shape index (κ1) is 14.2. The Labute approximate surface area is 106 Å². The van der Waals surface area contributed by atoms with Gasteiger partial charge in [-0.25, -0.2) is 0 Å². The van der Waals surface area contributed by atoms with E-state index in [4.69, 9.17) is 5.11 Å². The van der Waals surface area contributed by atoms with Crippen molar-refractivity contribution in [2.24, 2.45) is 0 Å². The number of amides is 2. The van der Waals surface area contributed by atoms with Crippen LogP contribution in [0.4, 0.5) is 5.69 Å².